The van der Waals surface area contributed by atoms with E-state index in [1.165, 1.54) is 12.1 Å². The van der Waals surface area contributed by atoms with Crippen LogP contribution in [-0.2, 0) is 0 Å². The monoisotopic (exact) mass is 325 g/mol. The fourth-order valence-corrected chi connectivity index (χ4v) is 3.03. The van der Waals surface area contributed by atoms with E-state index in [2.05, 4.69) is 28.3 Å². The molecule has 0 amide bonds. The van der Waals surface area contributed by atoms with E-state index < -0.39 is 4.92 Å². The first-order valence-electron chi connectivity index (χ1n) is 7.98. The van der Waals surface area contributed by atoms with Crippen molar-refractivity contribution in [2.24, 2.45) is 5.92 Å². The van der Waals surface area contributed by atoms with Crippen molar-refractivity contribution >= 4 is 22.4 Å². The van der Waals surface area contributed by atoms with E-state index in [4.69, 9.17) is 0 Å². The Morgan fingerprint density at radius 1 is 1.42 bits per heavy atom. The van der Waals surface area contributed by atoms with Crippen LogP contribution in [0.3, 0.4) is 0 Å². The topological polar surface area (TPSA) is 95.1 Å². The molecule has 1 aromatic heterocycles. The van der Waals surface area contributed by atoms with Crippen LogP contribution >= 0.6 is 0 Å². The highest BCUT2D eigenvalue weighted by atomic mass is 16.6. The van der Waals surface area contributed by atoms with Gasteiger partial charge in [0, 0.05) is 24.1 Å². The fraction of sp³-hybridized carbons (Fsp3) is 0.412. The fourth-order valence-electron chi connectivity index (χ4n) is 3.03. The Morgan fingerprint density at radius 2 is 2.17 bits per heavy atom. The van der Waals surface area contributed by atoms with Gasteiger partial charge < -0.3 is 10.2 Å². The number of aromatic nitrogens is 1. The van der Waals surface area contributed by atoms with Crippen molar-refractivity contribution in [3.63, 3.8) is 0 Å². The first-order valence-corrected chi connectivity index (χ1v) is 7.98. The molecule has 7 heteroatoms. The summed E-state index contributed by atoms with van der Waals surface area (Å²) in [5.41, 5.74) is 0.952. The highest BCUT2D eigenvalue weighted by Gasteiger charge is 2.17. The molecule has 1 aromatic carbocycles. The number of anilines is 1. The van der Waals surface area contributed by atoms with Gasteiger partial charge in [-0.3, -0.25) is 10.1 Å². The van der Waals surface area contributed by atoms with E-state index in [1.807, 2.05) is 0 Å². The Morgan fingerprint density at radius 3 is 2.83 bits per heavy atom. The maximum atomic E-state index is 10.9. The Bertz CT molecular complexity index is 806. The molecule has 0 aliphatic carbocycles. The van der Waals surface area contributed by atoms with Gasteiger partial charge in [-0.2, -0.15) is 5.26 Å². The number of pyridine rings is 1. The van der Waals surface area contributed by atoms with Crippen molar-refractivity contribution in [1.82, 2.24) is 9.88 Å². The summed E-state index contributed by atoms with van der Waals surface area (Å²) in [5, 5.41) is 24.1. The Hall–Kier alpha value is -2.72. The van der Waals surface area contributed by atoms with Gasteiger partial charge in [-0.25, -0.2) is 4.98 Å². The molecule has 7 nitrogen and oxygen atoms in total. The lowest BCUT2D eigenvalue weighted by molar-refractivity contribution is -0.384. The largest absolute Gasteiger partial charge is 0.370 e. The number of benzene rings is 1. The molecule has 124 valence electrons. The first kappa shape index (κ1) is 16.1. The van der Waals surface area contributed by atoms with E-state index in [0.717, 1.165) is 32.5 Å². The summed E-state index contributed by atoms with van der Waals surface area (Å²) in [6, 6.07) is 8.19. The van der Waals surface area contributed by atoms with Crippen molar-refractivity contribution in [2.75, 3.05) is 32.0 Å². The number of nitrogens with one attached hydrogen (secondary N) is 1. The van der Waals surface area contributed by atoms with E-state index >= 15 is 0 Å². The molecule has 2 aromatic rings. The van der Waals surface area contributed by atoms with Crippen LogP contribution in [0.5, 0.6) is 0 Å². The average molecular weight is 325 g/mol. The molecule has 24 heavy (non-hydrogen) atoms. The second kappa shape index (κ2) is 6.81. The lowest BCUT2D eigenvalue weighted by Gasteiger charge is -2.29. The number of likely N-dealkylation sites (tertiary alicyclic amines) is 1. The minimum atomic E-state index is -0.465. The predicted octanol–water partition coefficient (Wildman–Crippen LogP) is 2.77. The van der Waals surface area contributed by atoms with Crippen molar-refractivity contribution in [2.45, 2.75) is 12.8 Å². The quantitative estimate of drug-likeness (QED) is 0.686. The van der Waals surface area contributed by atoms with Crippen molar-refractivity contribution in [3.8, 4) is 6.07 Å². The van der Waals surface area contributed by atoms with Gasteiger partial charge in [0.2, 0.25) is 0 Å². The van der Waals surface area contributed by atoms with Gasteiger partial charge >= 0.3 is 0 Å². The van der Waals surface area contributed by atoms with E-state index in [-0.39, 0.29) is 5.69 Å². The number of nitro benzene ring substituents is 1. The van der Waals surface area contributed by atoms with Crippen LogP contribution in [0, 0.1) is 27.4 Å². The number of piperidine rings is 1. The van der Waals surface area contributed by atoms with Gasteiger partial charge in [0.15, 0.2) is 0 Å². The van der Waals surface area contributed by atoms with Crippen molar-refractivity contribution in [1.29, 1.82) is 5.26 Å². The summed E-state index contributed by atoms with van der Waals surface area (Å²) in [5.74, 6) is 1.24. The van der Waals surface area contributed by atoms with Gasteiger partial charge in [0.1, 0.15) is 5.82 Å². The summed E-state index contributed by atoms with van der Waals surface area (Å²) in [6.45, 7) is 3.03. The van der Waals surface area contributed by atoms with E-state index in [1.54, 1.807) is 12.1 Å². The number of fused-ring (bicyclic) bond motifs is 1. The zero-order chi connectivity index (χ0) is 17.1. The summed E-state index contributed by atoms with van der Waals surface area (Å²) in [4.78, 5) is 17.2. The Kier molecular flexibility index (Phi) is 4.58. The highest BCUT2D eigenvalue weighted by molar-refractivity contribution is 5.88. The molecule has 1 N–H and O–H groups in total. The smallest absolute Gasteiger partial charge is 0.270 e. The molecule has 1 fully saturated rings. The number of nitro groups is 1. The van der Waals surface area contributed by atoms with E-state index in [0.29, 0.717) is 28.2 Å². The normalized spacial score (nSPS) is 16.0. The molecule has 1 saturated heterocycles. The SMILES string of the molecule is CN1CCC(CNc2cc(C#N)c3cc([N+](=O)[O-])ccc3n2)CC1. The molecule has 1 aliphatic rings. The van der Waals surface area contributed by atoms with E-state index in [9.17, 15) is 15.4 Å². The molecule has 3 rings (SSSR count). The maximum absolute atomic E-state index is 10.9. The van der Waals surface area contributed by atoms with Crippen LogP contribution in [0.15, 0.2) is 24.3 Å². The number of non-ortho nitro benzene ring substituents is 1. The molecular weight excluding hydrogens is 306 g/mol. The molecule has 0 unspecified atom stereocenters. The second-order valence-corrected chi connectivity index (χ2v) is 6.25. The number of hydrogen-bond donors (Lipinski definition) is 1. The number of nitriles is 1. The minimum Gasteiger partial charge on any atom is -0.370 e. The summed E-state index contributed by atoms with van der Waals surface area (Å²) in [6.07, 6.45) is 2.29. The third-order valence-electron chi connectivity index (χ3n) is 4.53. The Labute approximate surface area is 140 Å². The van der Waals surface area contributed by atoms with Crippen LogP contribution in [0.25, 0.3) is 10.9 Å². The van der Waals surface area contributed by atoms with Crippen LogP contribution < -0.4 is 5.32 Å². The first-order chi connectivity index (χ1) is 11.6. The molecule has 1 aliphatic heterocycles. The lowest BCUT2D eigenvalue weighted by atomic mass is 9.97. The van der Waals surface area contributed by atoms with Gasteiger partial charge in [-0.05, 0) is 51.0 Å². The van der Waals surface area contributed by atoms with Crippen LogP contribution in [0.4, 0.5) is 11.5 Å². The third-order valence-corrected chi connectivity index (χ3v) is 4.53. The van der Waals surface area contributed by atoms with Gasteiger partial charge in [0.25, 0.3) is 5.69 Å². The summed E-state index contributed by atoms with van der Waals surface area (Å²) < 4.78 is 0. The standard InChI is InChI=1S/C17H19N5O2/c1-21-6-4-12(5-7-21)11-19-17-8-13(10-18)15-9-14(22(23)24)2-3-16(15)20-17/h2-3,8-9,12H,4-7,11H2,1H3,(H,19,20). The molecule has 0 bridgehead atoms. The average Bonchev–Trinajstić information content (AvgIpc) is 2.60. The molecule has 0 spiro atoms. The molecule has 0 atom stereocenters. The second-order valence-electron chi connectivity index (χ2n) is 6.25. The number of hydrogen-bond acceptors (Lipinski definition) is 6. The lowest BCUT2D eigenvalue weighted by Crippen LogP contribution is -2.33. The summed E-state index contributed by atoms with van der Waals surface area (Å²) in [7, 11) is 2.13. The van der Waals surface area contributed by atoms with Gasteiger partial charge in [-0.15, -0.1) is 0 Å². The number of rotatable bonds is 4. The maximum Gasteiger partial charge on any atom is 0.270 e. The number of nitrogens with zero attached hydrogens (tertiary/aromatic N) is 4. The molecular formula is C17H19N5O2. The van der Waals surface area contributed by atoms with Gasteiger partial charge in [-0.1, -0.05) is 0 Å². The molecule has 0 saturated carbocycles. The Balaban J connectivity index is 1.81. The van der Waals surface area contributed by atoms with Crippen LogP contribution in [0.1, 0.15) is 18.4 Å². The minimum absolute atomic E-state index is 0.0344. The van der Waals surface area contributed by atoms with Crippen LogP contribution in [0.2, 0.25) is 0 Å². The zero-order valence-electron chi connectivity index (χ0n) is 13.5. The predicted molar refractivity (Wildman–Crippen MR) is 91.8 cm³/mol. The highest BCUT2D eigenvalue weighted by Crippen LogP contribution is 2.25. The van der Waals surface area contributed by atoms with Crippen molar-refractivity contribution in [3.05, 3.63) is 39.9 Å². The third kappa shape index (κ3) is 3.44. The van der Waals surface area contributed by atoms with Gasteiger partial charge in [0.05, 0.1) is 22.1 Å². The van der Waals surface area contributed by atoms with Crippen molar-refractivity contribution < 1.29 is 4.92 Å². The zero-order valence-corrected chi connectivity index (χ0v) is 13.5. The molecule has 0 radical (unpaired) electrons. The van der Waals surface area contributed by atoms with Crippen LogP contribution in [-0.4, -0.2) is 41.5 Å². The molecule has 2 heterocycles. The summed E-state index contributed by atoms with van der Waals surface area (Å²) >= 11 is 0.